The van der Waals surface area contributed by atoms with Gasteiger partial charge in [-0.25, -0.2) is 0 Å². The molecule has 0 amide bonds. The van der Waals surface area contributed by atoms with Crippen molar-refractivity contribution in [1.82, 2.24) is 0 Å². The van der Waals surface area contributed by atoms with Crippen LogP contribution in [-0.4, -0.2) is 18.4 Å². The SMILES string of the molecule is ClCC(CCl)(COCc1ccccc1)c1ccccc1. The predicted molar refractivity (Wildman–Crippen MR) is 85.7 cm³/mol. The number of halogens is 2. The normalized spacial score (nSPS) is 11.5. The fraction of sp³-hybridized carbons (Fsp3) is 0.294. The first-order valence-corrected chi connectivity index (χ1v) is 7.67. The molecule has 0 aliphatic heterocycles. The summed E-state index contributed by atoms with van der Waals surface area (Å²) in [6.07, 6.45) is 0. The van der Waals surface area contributed by atoms with Crippen LogP contribution < -0.4 is 0 Å². The number of benzene rings is 2. The van der Waals surface area contributed by atoms with Gasteiger partial charge in [-0.05, 0) is 11.1 Å². The molecule has 0 radical (unpaired) electrons. The standard InChI is InChI=1S/C17H18Cl2O/c18-12-17(13-19,16-9-5-2-6-10-16)14-20-11-15-7-3-1-4-8-15/h1-10H,11-14H2. The van der Waals surface area contributed by atoms with Crippen LogP contribution in [0.5, 0.6) is 0 Å². The number of rotatable bonds is 7. The molecule has 0 saturated carbocycles. The Morgan fingerprint density at radius 2 is 1.35 bits per heavy atom. The van der Waals surface area contributed by atoms with Crippen LogP contribution in [0, 0.1) is 0 Å². The Hall–Kier alpha value is -1.02. The van der Waals surface area contributed by atoms with Crippen molar-refractivity contribution < 1.29 is 4.74 Å². The first kappa shape index (κ1) is 15.4. The van der Waals surface area contributed by atoms with E-state index in [2.05, 4.69) is 12.1 Å². The summed E-state index contributed by atoms with van der Waals surface area (Å²) in [5.41, 5.74) is 1.94. The van der Waals surface area contributed by atoms with Crippen molar-refractivity contribution in [2.45, 2.75) is 12.0 Å². The predicted octanol–water partition coefficient (Wildman–Crippen LogP) is 4.62. The van der Waals surface area contributed by atoms with E-state index >= 15 is 0 Å². The monoisotopic (exact) mass is 308 g/mol. The molecule has 0 spiro atoms. The summed E-state index contributed by atoms with van der Waals surface area (Å²) in [5.74, 6) is 0.880. The average Bonchev–Trinajstić information content (AvgIpc) is 2.54. The molecule has 0 unspecified atom stereocenters. The molecule has 1 nitrogen and oxygen atoms in total. The molecule has 0 N–H and O–H groups in total. The minimum Gasteiger partial charge on any atom is -0.376 e. The molecule has 0 bridgehead atoms. The van der Waals surface area contributed by atoms with Crippen LogP contribution in [0.4, 0.5) is 0 Å². The summed E-state index contributed by atoms with van der Waals surface area (Å²) in [5, 5.41) is 0. The van der Waals surface area contributed by atoms with Crippen LogP contribution >= 0.6 is 23.2 Å². The Bertz CT molecular complexity index is 495. The van der Waals surface area contributed by atoms with Crippen LogP contribution in [-0.2, 0) is 16.8 Å². The van der Waals surface area contributed by atoms with Crippen LogP contribution in [0.25, 0.3) is 0 Å². The Labute approximate surface area is 130 Å². The molecular formula is C17H18Cl2O. The molecule has 0 aliphatic carbocycles. The molecule has 20 heavy (non-hydrogen) atoms. The number of hydrogen-bond donors (Lipinski definition) is 0. The van der Waals surface area contributed by atoms with Crippen molar-refractivity contribution in [3.05, 3.63) is 71.8 Å². The third kappa shape index (κ3) is 3.76. The lowest BCUT2D eigenvalue weighted by Crippen LogP contribution is -2.36. The van der Waals surface area contributed by atoms with Crippen LogP contribution in [0.3, 0.4) is 0 Å². The minimum atomic E-state index is -0.334. The van der Waals surface area contributed by atoms with E-state index in [1.807, 2.05) is 48.5 Å². The first-order valence-electron chi connectivity index (χ1n) is 6.60. The zero-order valence-electron chi connectivity index (χ0n) is 11.3. The molecule has 2 rings (SSSR count). The lowest BCUT2D eigenvalue weighted by atomic mass is 9.85. The summed E-state index contributed by atoms with van der Waals surface area (Å²) < 4.78 is 5.85. The second-order valence-electron chi connectivity index (χ2n) is 4.89. The highest BCUT2D eigenvalue weighted by molar-refractivity contribution is 6.22. The highest BCUT2D eigenvalue weighted by Crippen LogP contribution is 2.28. The van der Waals surface area contributed by atoms with E-state index in [1.165, 1.54) is 0 Å². The van der Waals surface area contributed by atoms with E-state index in [9.17, 15) is 0 Å². The minimum absolute atomic E-state index is 0.334. The van der Waals surface area contributed by atoms with E-state index in [4.69, 9.17) is 27.9 Å². The van der Waals surface area contributed by atoms with E-state index in [-0.39, 0.29) is 5.41 Å². The fourth-order valence-corrected chi connectivity index (χ4v) is 2.83. The molecule has 2 aromatic carbocycles. The molecule has 3 heteroatoms. The van der Waals surface area contributed by atoms with Crippen molar-refractivity contribution in [1.29, 1.82) is 0 Å². The Kier molecular flexibility index (Phi) is 5.90. The third-order valence-electron chi connectivity index (χ3n) is 3.39. The summed E-state index contributed by atoms with van der Waals surface area (Å²) in [7, 11) is 0. The Morgan fingerprint density at radius 3 is 1.90 bits per heavy atom. The van der Waals surface area contributed by atoms with Gasteiger partial charge in [-0.15, -0.1) is 23.2 Å². The van der Waals surface area contributed by atoms with E-state index in [1.54, 1.807) is 0 Å². The van der Waals surface area contributed by atoms with Gasteiger partial charge in [0, 0.05) is 17.2 Å². The molecule has 0 fully saturated rings. The highest BCUT2D eigenvalue weighted by Gasteiger charge is 2.31. The van der Waals surface area contributed by atoms with Crippen LogP contribution in [0.2, 0.25) is 0 Å². The van der Waals surface area contributed by atoms with E-state index < -0.39 is 0 Å². The molecule has 0 heterocycles. The van der Waals surface area contributed by atoms with Gasteiger partial charge in [0.25, 0.3) is 0 Å². The van der Waals surface area contributed by atoms with Gasteiger partial charge in [-0.1, -0.05) is 60.7 Å². The quantitative estimate of drug-likeness (QED) is 0.678. The van der Waals surface area contributed by atoms with E-state index in [0.717, 1.165) is 11.1 Å². The molecular weight excluding hydrogens is 291 g/mol. The van der Waals surface area contributed by atoms with Gasteiger partial charge in [0.05, 0.1) is 13.2 Å². The van der Waals surface area contributed by atoms with Gasteiger partial charge >= 0.3 is 0 Å². The van der Waals surface area contributed by atoms with Gasteiger partial charge in [-0.3, -0.25) is 0 Å². The van der Waals surface area contributed by atoms with Crippen molar-refractivity contribution >= 4 is 23.2 Å². The number of ether oxygens (including phenoxy) is 1. The summed E-state index contributed by atoms with van der Waals surface area (Å²) in [4.78, 5) is 0. The average molecular weight is 309 g/mol. The van der Waals surface area contributed by atoms with Gasteiger partial charge < -0.3 is 4.74 Å². The van der Waals surface area contributed by atoms with Gasteiger partial charge in [0.15, 0.2) is 0 Å². The van der Waals surface area contributed by atoms with Crippen molar-refractivity contribution in [3.8, 4) is 0 Å². The number of alkyl halides is 2. The molecule has 106 valence electrons. The summed E-state index contributed by atoms with van der Waals surface area (Å²) >= 11 is 12.4. The Morgan fingerprint density at radius 1 is 0.800 bits per heavy atom. The largest absolute Gasteiger partial charge is 0.376 e. The summed E-state index contributed by atoms with van der Waals surface area (Å²) in [6.45, 7) is 1.09. The topological polar surface area (TPSA) is 9.23 Å². The molecule has 0 atom stereocenters. The lowest BCUT2D eigenvalue weighted by Gasteiger charge is -2.30. The maximum absolute atomic E-state index is 6.18. The second kappa shape index (κ2) is 7.68. The van der Waals surface area contributed by atoms with Crippen molar-refractivity contribution in [3.63, 3.8) is 0 Å². The van der Waals surface area contributed by atoms with Gasteiger partial charge in [0.2, 0.25) is 0 Å². The third-order valence-corrected chi connectivity index (χ3v) is 4.41. The van der Waals surface area contributed by atoms with Crippen LogP contribution in [0.1, 0.15) is 11.1 Å². The van der Waals surface area contributed by atoms with Crippen molar-refractivity contribution in [2.24, 2.45) is 0 Å². The molecule has 0 saturated heterocycles. The molecule has 0 aliphatic rings. The van der Waals surface area contributed by atoms with Gasteiger partial charge in [-0.2, -0.15) is 0 Å². The summed E-state index contributed by atoms with van der Waals surface area (Å²) in [6, 6.07) is 20.2. The molecule has 0 aromatic heterocycles. The maximum atomic E-state index is 6.18. The lowest BCUT2D eigenvalue weighted by molar-refractivity contribution is 0.0847. The van der Waals surface area contributed by atoms with Crippen LogP contribution in [0.15, 0.2) is 60.7 Å². The number of hydrogen-bond acceptors (Lipinski definition) is 1. The zero-order chi connectivity index (χ0) is 14.3. The fourth-order valence-electron chi connectivity index (χ4n) is 2.08. The molecule has 2 aromatic rings. The smallest absolute Gasteiger partial charge is 0.0717 e. The van der Waals surface area contributed by atoms with Crippen molar-refractivity contribution in [2.75, 3.05) is 18.4 Å². The van der Waals surface area contributed by atoms with Gasteiger partial charge in [0.1, 0.15) is 0 Å². The Balaban J connectivity index is 2.03. The first-order chi connectivity index (χ1) is 9.80. The van der Waals surface area contributed by atoms with E-state index in [0.29, 0.717) is 25.0 Å². The maximum Gasteiger partial charge on any atom is 0.0717 e. The second-order valence-corrected chi connectivity index (χ2v) is 5.43. The zero-order valence-corrected chi connectivity index (χ0v) is 12.8. The highest BCUT2D eigenvalue weighted by atomic mass is 35.5.